The zero-order valence-electron chi connectivity index (χ0n) is 18.0. The number of aromatic nitrogens is 3. The van der Waals surface area contributed by atoms with Crippen LogP contribution < -0.4 is 14.9 Å². The average Bonchev–Trinajstić information content (AvgIpc) is 3.34. The first-order valence-corrected chi connectivity index (χ1v) is 10.5. The zero-order valence-corrected chi connectivity index (χ0v) is 18.0. The number of hydrogen-bond donors (Lipinski definition) is 0. The van der Waals surface area contributed by atoms with E-state index in [1.165, 1.54) is 6.26 Å². The summed E-state index contributed by atoms with van der Waals surface area (Å²) in [6, 6.07) is 18.8. The van der Waals surface area contributed by atoms with Crippen molar-refractivity contribution in [1.82, 2.24) is 14.8 Å². The SMILES string of the molecule is COc1ncccc1Cc1coc2cc(OCc3cnn(-c4ccccc4)c3)ccc2c1=O. The first kappa shape index (κ1) is 20.5. The van der Waals surface area contributed by atoms with E-state index < -0.39 is 0 Å². The Morgan fingerprint density at radius 2 is 1.91 bits per heavy atom. The van der Waals surface area contributed by atoms with Gasteiger partial charge < -0.3 is 13.9 Å². The Morgan fingerprint density at radius 3 is 2.76 bits per heavy atom. The zero-order chi connectivity index (χ0) is 22.6. The van der Waals surface area contributed by atoms with Crippen LogP contribution in [0.3, 0.4) is 0 Å². The van der Waals surface area contributed by atoms with E-state index in [0.717, 1.165) is 16.8 Å². The van der Waals surface area contributed by atoms with Gasteiger partial charge in [-0.25, -0.2) is 9.67 Å². The van der Waals surface area contributed by atoms with Crippen LogP contribution in [-0.2, 0) is 13.0 Å². The number of nitrogens with zero attached hydrogens (tertiary/aromatic N) is 3. The molecule has 0 unspecified atom stereocenters. The number of methoxy groups -OCH3 is 1. The molecule has 0 atom stereocenters. The highest BCUT2D eigenvalue weighted by molar-refractivity contribution is 5.78. The van der Waals surface area contributed by atoms with Gasteiger partial charge in [0.2, 0.25) is 5.88 Å². The van der Waals surface area contributed by atoms with Gasteiger partial charge in [-0.05, 0) is 30.3 Å². The van der Waals surface area contributed by atoms with Crippen LogP contribution in [0.4, 0.5) is 0 Å². The standard InChI is InChI=1S/C26H21N3O4/c1-31-26-19(6-5-11-27-26)12-20-17-33-24-13-22(9-10-23(24)25(20)30)32-16-18-14-28-29(15-18)21-7-3-2-4-8-21/h2-11,13-15,17H,12,16H2,1H3. The lowest BCUT2D eigenvalue weighted by atomic mass is 10.1. The van der Waals surface area contributed by atoms with E-state index >= 15 is 0 Å². The summed E-state index contributed by atoms with van der Waals surface area (Å²) in [5.41, 5.74) is 3.66. The molecular weight excluding hydrogens is 418 g/mol. The summed E-state index contributed by atoms with van der Waals surface area (Å²) in [5.74, 6) is 1.11. The van der Waals surface area contributed by atoms with Crippen molar-refractivity contribution in [1.29, 1.82) is 0 Å². The minimum Gasteiger partial charge on any atom is -0.489 e. The summed E-state index contributed by atoms with van der Waals surface area (Å²) in [5, 5.41) is 4.88. The van der Waals surface area contributed by atoms with E-state index in [1.54, 1.807) is 42.4 Å². The fraction of sp³-hybridized carbons (Fsp3) is 0.115. The van der Waals surface area contributed by atoms with Gasteiger partial charge in [-0.3, -0.25) is 4.79 Å². The lowest BCUT2D eigenvalue weighted by Crippen LogP contribution is -2.10. The number of fused-ring (bicyclic) bond motifs is 1. The Labute approximate surface area is 189 Å². The van der Waals surface area contributed by atoms with E-state index in [0.29, 0.717) is 41.2 Å². The Morgan fingerprint density at radius 1 is 1.03 bits per heavy atom. The second-order valence-electron chi connectivity index (χ2n) is 7.51. The van der Waals surface area contributed by atoms with Gasteiger partial charge in [-0.2, -0.15) is 5.10 Å². The van der Waals surface area contributed by atoms with Crippen molar-refractivity contribution >= 4 is 11.0 Å². The molecule has 0 saturated heterocycles. The normalized spacial score (nSPS) is 10.9. The number of rotatable bonds is 7. The third-order valence-corrected chi connectivity index (χ3v) is 5.30. The van der Waals surface area contributed by atoms with Gasteiger partial charge in [0.1, 0.15) is 17.9 Å². The molecule has 3 aromatic heterocycles. The molecule has 0 amide bonds. The third kappa shape index (κ3) is 4.34. The summed E-state index contributed by atoms with van der Waals surface area (Å²) >= 11 is 0. The highest BCUT2D eigenvalue weighted by Crippen LogP contribution is 2.22. The van der Waals surface area contributed by atoms with E-state index in [9.17, 15) is 4.79 Å². The van der Waals surface area contributed by atoms with Gasteiger partial charge in [0.15, 0.2) is 5.43 Å². The van der Waals surface area contributed by atoms with Crippen LogP contribution in [0.15, 0.2) is 94.7 Å². The molecule has 5 aromatic rings. The predicted molar refractivity (Wildman–Crippen MR) is 124 cm³/mol. The molecule has 7 nitrogen and oxygen atoms in total. The first-order valence-electron chi connectivity index (χ1n) is 10.5. The van der Waals surface area contributed by atoms with Gasteiger partial charge in [-0.1, -0.05) is 24.3 Å². The van der Waals surface area contributed by atoms with Crippen LogP contribution in [0.1, 0.15) is 16.7 Å². The summed E-state index contributed by atoms with van der Waals surface area (Å²) in [4.78, 5) is 17.2. The molecule has 7 heteroatoms. The summed E-state index contributed by atoms with van der Waals surface area (Å²) in [6.45, 7) is 0.349. The molecule has 3 heterocycles. The van der Waals surface area contributed by atoms with Crippen LogP contribution >= 0.6 is 0 Å². The lowest BCUT2D eigenvalue weighted by molar-refractivity contribution is 0.306. The molecule has 0 spiro atoms. The molecule has 0 N–H and O–H groups in total. The second kappa shape index (κ2) is 9.00. The van der Waals surface area contributed by atoms with Crippen molar-refractivity contribution < 1.29 is 13.9 Å². The van der Waals surface area contributed by atoms with Crippen LogP contribution in [0.2, 0.25) is 0 Å². The molecule has 33 heavy (non-hydrogen) atoms. The molecule has 0 fully saturated rings. The quantitative estimate of drug-likeness (QED) is 0.370. The summed E-state index contributed by atoms with van der Waals surface area (Å²) in [7, 11) is 1.56. The van der Waals surface area contributed by atoms with E-state index in [2.05, 4.69) is 10.1 Å². The minimum atomic E-state index is -0.0853. The van der Waals surface area contributed by atoms with Crippen molar-refractivity contribution in [3.05, 3.63) is 112 Å². The number of ether oxygens (including phenoxy) is 2. The Balaban J connectivity index is 1.32. The van der Waals surface area contributed by atoms with E-state index in [-0.39, 0.29) is 5.43 Å². The Hall–Kier alpha value is -4.39. The number of benzene rings is 2. The molecule has 0 saturated carbocycles. The molecule has 0 bridgehead atoms. The molecular formula is C26H21N3O4. The fourth-order valence-electron chi connectivity index (χ4n) is 3.63. The number of para-hydroxylation sites is 1. The molecule has 0 aliphatic heterocycles. The van der Waals surface area contributed by atoms with Crippen molar-refractivity contribution in [3.8, 4) is 17.3 Å². The maximum Gasteiger partial charge on any atom is 0.216 e. The molecule has 164 valence electrons. The van der Waals surface area contributed by atoms with E-state index in [4.69, 9.17) is 13.9 Å². The topological polar surface area (TPSA) is 79.4 Å². The third-order valence-electron chi connectivity index (χ3n) is 5.30. The Kier molecular flexibility index (Phi) is 5.59. The maximum atomic E-state index is 13.0. The van der Waals surface area contributed by atoms with Gasteiger partial charge in [0.05, 0.1) is 30.6 Å². The smallest absolute Gasteiger partial charge is 0.216 e. The largest absolute Gasteiger partial charge is 0.489 e. The van der Waals surface area contributed by atoms with Crippen LogP contribution in [-0.4, -0.2) is 21.9 Å². The minimum absolute atomic E-state index is 0.0853. The monoisotopic (exact) mass is 439 g/mol. The summed E-state index contributed by atoms with van der Waals surface area (Å²) in [6.07, 6.45) is 7.21. The number of hydrogen-bond acceptors (Lipinski definition) is 6. The predicted octanol–water partition coefficient (Wildman–Crippen LogP) is 4.55. The number of pyridine rings is 1. The van der Waals surface area contributed by atoms with Crippen LogP contribution in [0.25, 0.3) is 16.7 Å². The van der Waals surface area contributed by atoms with Crippen LogP contribution in [0, 0.1) is 0 Å². The maximum absolute atomic E-state index is 13.0. The van der Waals surface area contributed by atoms with Gasteiger partial charge >= 0.3 is 0 Å². The van der Waals surface area contributed by atoms with Gasteiger partial charge in [0, 0.05) is 41.6 Å². The molecule has 5 rings (SSSR count). The van der Waals surface area contributed by atoms with Gasteiger partial charge in [-0.15, -0.1) is 0 Å². The van der Waals surface area contributed by atoms with Crippen molar-refractivity contribution in [2.24, 2.45) is 0 Å². The second-order valence-corrected chi connectivity index (χ2v) is 7.51. The molecule has 0 aliphatic carbocycles. The Bertz CT molecular complexity index is 1460. The first-order chi connectivity index (χ1) is 16.2. The molecule has 0 radical (unpaired) electrons. The van der Waals surface area contributed by atoms with E-state index in [1.807, 2.05) is 48.7 Å². The fourth-order valence-corrected chi connectivity index (χ4v) is 3.63. The molecule has 0 aliphatic rings. The highest BCUT2D eigenvalue weighted by Gasteiger charge is 2.12. The average molecular weight is 439 g/mol. The highest BCUT2D eigenvalue weighted by atomic mass is 16.5. The lowest BCUT2D eigenvalue weighted by Gasteiger charge is -2.08. The summed E-state index contributed by atoms with van der Waals surface area (Å²) < 4.78 is 18.8. The van der Waals surface area contributed by atoms with Gasteiger partial charge in [0.25, 0.3) is 0 Å². The van der Waals surface area contributed by atoms with Crippen molar-refractivity contribution in [2.75, 3.05) is 7.11 Å². The van der Waals surface area contributed by atoms with Crippen molar-refractivity contribution in [2.45, 2.75) is 13.0 Å². The molecule has 2 aromatic carbocycles. The van der Waals surface area contributed by atoms with Crippen molar-refractivity contribution in [3.63, 3.8) is 0 Å². The van der Waals surface area contributed by atoms with Crippen LogP contribution in [0.5, 0.6) is 11.6 Å².